The molecule has 1 heterocycles. The minimum atomic E-state index is -0.462. The van der Waals surface area contributed by atoms with E-state index in [9.17, 15) is 14.4 Å². The van der Waals surface area contributed by atoms with Gasteiger partial charge in [-0.3, -0.25) is 14.5 Å². The first-order chi connectivity index (χ1) is 11.9. The molecule has 128 valence electrons. The number of nitrogens with one attached hydrogen (secondary N) is 2. The summed E-state index contributed by atoms with van der Waals surface area (Å²) in [5.74, 6) is -0.745. The van der Waals surface area contributed by atoms with E-state index in [1.54, 1.807) is 24.3 Å². The van der Waals surface area contributed by atoms with Gasteiger partial charge in [0, 0.05) is 29.3 Å². The van der Waals surface area contributed by atoms with Gasteiger partial charge in [0.1, 0.15) is 0 Å². The summed E-state index contributed by atoms with van der Waals surface area (Å²) in [6, 6.07) is 9.10. The summed E-state index contributed by atoms with van der Waals surface area (Å²) in [6.07, 6.45) is 0. The summed E-state index contributed by atoms with van der Waals surface area (Å²) in [7, 11) is 1.42. The minimum absolute atomic E-state index is 0.215. The number of hydrogen-bond donors (Lipinski definition) is 2. The highest BCUT2D eigenvalue weighted by molar-refractivity contribution is 6.35. The number of carbonyl (C=O) groups is 3. The maximum Gasteiger partial charge on any atom is 0.319 e. The van der Waals surface area contributed by atoms with Crippen LogP contribution < -0.4 is 10.6 Å². The molecule has 0 aromatic heterocycles. The van der Waals surface area contributed by atoms with Gasteiger partial charge in [-0.1, -0.05) is 29.3 Å². The van der Waals surface area contributed by atoms with Gasteiger partial charge in [0.15, 0.2) is 0 Å². The van der Waals surface area contributed by atoms with Gasteiger partial charge < -0.3 is 10.6 Å². The number of nitrogens with zero attached hydrogens (tertiary/aromatic N) is 1. The Morgan fingerprint density at radius 3 is 2.48 bits per heavy atom. The monoisotopic (exact) mass is 377 g/mol. The van der Waals surface area contributed by atoms with Crippen LogP contribution in [0, 0.1) is 0 Å². The van der Waals surface area contributed by atoms with Crippen LogP contribution >= 0.6 is 23.2 Å². The first-order valence-electron chi connectivity index (χ1n) is 7.32. The molecule has 2 aromatic carbocycles. The number of carbonyl (C=O) groups excluding carboxylic acids is 3. The molecule has 4 amide bonds. The molecule has 1 aliphatic rings. The number of halogens is 2. The zero-order chi connectivity index (χ0) is 18.1. The highest BCUT2D eigenvalue weighted by Gasteiger charge is 2.32. The fraction of sp³-hybridized carbons (Fsp3) is 0.118. The zero-order valence-electron chi connectivity index (χ0n) is 13.1. The number of urea groups is 1. The second-order valence-electron chi connectivity index (χ2n) is 5.47. The molecule has 3 rings (SSSR count). The van der Waals surface area contributed by atoms with E-state index in [-0.39, 0.29) is 18.0 Å². The maximum absolute atomic E-state index is 12.0. The fourth-order valence-electron chi connectivity index (χ4n) is 2.45. The lowest BCUT2D eigenvalue weighted by Gasteiger charge is -2.09. The molecule has 0 fully saturated rings. The van der Waals surface area contributed by atoms with Crippen molar-refractivity contribution in [2.75, 3.05) is 12.4 Å². The molecule has 25 heavy (non-hydrogen) atoms. The molecule has 0 atom stereocenters. The first-order valence-corrected chi connectivity index (χ1v) is 8.07. The van der Waals surface area contributed by atoms with Gasteiger partial charge in [-0.2, -0.15) is 0 Å². The van der Waals surface area contributed by atoms with Crippen LogP contribution in [0.3, 0.4) is 0 Å². The molecule has 2 aromatic rings. The van der Waals surface area contributed by atoms with Crippen molar-refractivity contribution in [2.24, 2.45) is 0 Å². The van der Waals surface area contributed by atoms with Gasteiger partial charge in [0.25, 0.3) is 11.8 Å². The zero-order valence-corrected chi connectivity index (χ0v) is 14.6. The van der Waals surface area contributed by atoms with E-state index in [2.05, 4.69) is 10.6 Å². The SMILES string of the molecule is CN1C(=O)c2ccc(NC(=O)NCc3ccc(Cl)cc3Cl)cc2C1=O. The van der Waals surface area contributed by atoms with Crippen molar-refractivity contribution in [3.05, 3.63) is 63.1 Å². The lowest BCUT2D eigenvalue weighted by atomic mass is 10.1. The smallest absolute Gasteiger partial charge is 0.319 e. The Balaban J connectivity index is 1.66. The summed E-state index contributed by atoms with van der Waals surface area (Å²) >= 11 is 11.9. The second kappa shape index (κ2) is 6.74. The molecule has 0 spiro atoms. The maximum atomic E-state index is 12.0. The van der Waals surface area contributed by atoms with Gasteiger partial charge in [-0.05, 0) is 35.9 Å². The van der Waals surface area contributed by atoms with Crippen LogP contribution in [0.5, 0.6) is 0 Å². The number of imide groups is 1. The van der Waals surface area contributed by atoms with Crippen LogP contribution in [0.1, 0.15) is 26.3 Å². The number of rotatable bonds is 3. The standard InChI is InChI=1S/C17H13Cl2N3O3/c1-22-15(23)12-5-4-11(7-13(12)16(22)24)21-17(25)20-8-9-2-3-10(18)6-14(9)19/h2-7H,8H2,1H3,(H2,20,21,25). The van der Waals surface area contributed by atoms with Crippen LogP contribution in [0.4, 0.5) is 10.5 Å². The molecule has 0 radical (unpaired) electrons. The van der Waals surface area contributed by atoms with Crippen molar-refractivity contribution in [1.82, 2.24) is 10.2 Å². The van der Waals surface area contributed by atoms with E-state index in [4.69, 9.17) is 23.2 Å². The molecule has 0 unspecified atom stereocenters. The molecule has 0 saturated heterocycles. The summed E-state index contributed by atoms with van der Waals surface area (Å²) in [4.78, 5) is 36.9. The third-order valence-electron chi connectivity index (χ3n) is 3.80. The van der Waals surface area contributed by atoms with Gasteiger partial charge in [0.2, 0.25) is 0 Å². The average Bonchev–Trinajstić information content (AvgIpc) is 2.78. The Morgan fingerprint density at radius 1 is 1.04 bits per heavy atom. The molecular formula is C17H13Cl2N3O3. The van der Waals surface area contributed by atoms with E-state index in [0.29, 0.717) is 21.3 Å². The molecule has 2 N–H and O–H groups in total. The molecule has 8 heteroatoms. The summed E-state index contributed by atoms with van der Waals surface area (Å²) in [5, 5.41) is 6.26. The van der Waals surface area contributed by atoms with Gasteiger partial charge in [0.05, 0.1) is 11.1 Å². The number of benzene rings is 2. The largest absolute Gasteiger partial charge is 0.334 e. The lowest BCUT2D eigenvalue weighted by molar-refractivity contribution is 0.0693. The van der Waals surface area contributed by atoms with E-state index in [1.165, 1.54) is 19.2 Å². The Morgan fingerprint density at radius 2 is 1.76 bits per heavy atom. The topological polar surface area (TPSA) is 78.5 Å². The third kappa shape index (κ3) is 3.45. The Bertz CT molecular complexity index is 899. The summed E-state index contributed by atoms with van der Waals surface area (Å²) in [5.41, 5.74) is 1.73. The van der Waals surface area contributed by atoms with Crippen molar-refractivity contribution < 1.29 is 14.4 Å². The second-order valence-corrected chi connectivity index (χ2v) is 6.32. The summed E-state index contributed by atoms with van der Waals surface area (Å²) in [6.45, 7) is 0.215. The Labute approximate surface area is 153 Å². The number of hydrogen-bond acceptors (Lipinski definition) is 3. The van der Waals surface area contributed by atoms with Gasteiger partial charge in [-0.15, -0.1) is 0 Å². The Kier molecular flexibility index (Phi) is 4.65. The average molecular weight is 378 g/mol. The molecule has 0 aliphatic carbocycles. The van der Waals surface area contributed by atoms with E-state index < -0.39 is 11.9 Å². The van der Waals surface area contributed by atoms with E-state index in [1.807, 2.05) is 0 Å². The number of fused-ring (bicyclic) bond motifs is 1. The van der Waals surface area contributed by atoms with Crippen LogP contribution in [0.2, 0.25) is 10.0 Å². The van der Waals surface area contributed by atoms with Crippen molar-refractivity contribution in [1.29, 1.82) is 0 Å². The summed E-state index contributed by atoms with van der Waals surface area (Å²) < 4.78 is 0. The van der Waals surface area contributed by atoms with Gasteiger partial charge >= 0.3 is 6.03 Å². The highest BCUT2D eigenvalue weighted by Crippen LogP contribution is 2.25. The highest BCUT2D eigenvalue weighted by atomic mass is 35.5. The van der Waals surface area contributed by atoms with Crippen molar-refractivity contribution >= 4 is 46.7 Å². The molecule has 1 aliphatic heterocycles. The predicted octanol–water partition coefficient (Wildman–Crippen LogP) is 3.54. The molecule has 6 nitrogen and oxygen atoms in total. The van der Waals surface area contributed by atoms with Crippen molar-refractivity contribution in [2.45, 2.75) is 6.54 Å². The first kappa shape index (κ1) is 17.3. The fourth-order valence-corrected chi connectivity index (χ4v) is 2.93. The molecule has 0 bridgehead atoms. The quantitative estimate of drug-likeness (QED) is 0.802. The molecular weight excluding hydrogens is 365 g/mol. The van der Waals surface area contributed by atoms with Crippen molar-refractivity contribution in [3.63, 3.8) is 0 Å². The van der Waals surface area contributed by atoms with Crippen LogP contribution in [0.25, 0.3) is 0 Å². The van der Waals surface area contributed by atoms with Gasteiger partial charge in [-0.25, -0.2) is 4.79 Å². The number of anilines is 1. The molecule has 0 saturated carbocycles. The normalized spacial score (nSPS) is 13.0. The third-order valence-corrected chi connectivity index (χ3v) is 4.39. The van der Waals surface area contributed by atoms with Crippen LogP contribution in [-0.2, 0) is 6.54 Å². The minimum Gasteiger partial charge on any atom is -0.334 e. The Hall–Kier alpha value is -2.57. The van der Waals surface area contributed by atoms with E-state index >= 15 is 0 Å². The number of amides is 4. The van der Waals surface area contributed by atoms with Crippen LogP contribution in [-0.4, -0.2) is 29.8 Å². The van der Waals surface area contributed by atoms with E-state index in [0.717, 1.165) is 10.5 Å². The predicted molar refractivity (Wildman–Crippen MR) is 95.2 cm³/mol. The van der Waals surface area contributed by atoms with Crippen molar-refractivity contribution in [3.8, 4) is 0 Å². The van der Waals surface area contributed by atoms with Crippen LogP contribution in [0.15, 0.2) is 36.4 Å². The lowest BCUT2D eigenvalue weighted by Crippen LogP contribution is -2.28.